The third-order valence-electron chi connectivity index (χ3n) is 4.22. The van der Waals surface area contributed by atoms with E-state index in [0.717, 1.165) is 30.8 Å². The van der Waals surface area contributed by atoms with Gasteiger partial charge in [0.1, 0.15) is 0 Å². The van der Waals surface area contributed by atoms with Crippen LogP contribution in [0.5, 0.6) is 0 Å². The number of hydrogen-bond acceptors (Lipinski definition) is 2. The Labute approximate surface area is 145 Å². The molecule has 0 spiro atoms. The van der Waals surface area contributed by atoms with E-state index in [1.165, 1.54) is 16.7 Å². The number of rotatable bonds is 7. The summed E-state index contributed by atoms with van der Waals surface area (Å²) in [6.45, 7) is 10.5. The van der Waals surface area contributed by atoms with Crippen LogP contribution in [0, 0.1) is 20.8 Å². The first kappa shape index (κ1) is 18.2. The fraction of sp³-hybridized carbons (Fsp3) is 0.381. The van der Waals surface area contributed by atoms with Gasteiger partial charge in [-0.2, -0.15) is 0 Å². The van der Waals surface area contributed by atoms with Crippen LogP contribution in [0.15, 0.2) is 42.5 Å². The van der Waals surface area contributed by atoms with Gasteiger partial charge in [0.2, 0.25) is 5.91 Å². The molecule has 0 saturated heterocycles. The van der Waals surface area contributed by atoms with Crippen LogP contribution in [0.1, 0.15) is 35.6 Å². The molecule has 0 radical (unpaired) electrons. The number of para-hydroxylation sites is 1. The predicted octanol–water partition coefficient (Wildman–Crippen LogP) is 4.46. The van der Waals surface area contributed by atoms with Crippen LogP contribution in [-0.4, -0.2) is 23.9 Å². The van der Waals surface area contributed by atoms with E-state index >= 15 is 0 Å². The summed E-state index contributed by atoms with van der Waals surface area (Å²) in [7, 11) is 0. The molecule has 2 rings (SSSR count). The van der Waals surface area contributed by atoms with E-state index in [4.69, 9.17) is 0 Å². The lowest BCUT2D eigenvalue weighted by molar-refractivity contribution is -0.117. The molecule has 1 N–H and O–H groups in total. The van der Waals surface area contributed by atoms with E-state index in [2.05, 4.69) is 49.2 Å². The molecule has 0 fully saturated rings. The van der Waals surface area contributed by atoms with Crippen LogP contribution < -0.4 is 5.32 Å². The predicted molar refractivity (Wildman–Crippen MR) is 101 cm³/mol. The van der Waals surface area contributed by atoms with Gasteiger partial charge < -0.3 is 5.32 Å². The number of benzene rings is 2. The molecule has 0 aliphatic rings. The van der Waals surface area contributed by atoms with Crippen molar-refractivity contribution in [2.24, 2.45) is 0 Å². The minimum Gasteiger partial charge on any atom is -0.325 e. The molecule has 2 aromatic rings. The third-order valence-corrected chi connectivity index (χ3v) is 4.22. The molecule has 0 unspecified atom stereocenters. The van der Waals surface area contributed by atoms with Gasteiger partial charge in [-0.1, -0.05) is 48.9 Å². The first-order chi connectivity index (χ1) is 11.5. The Balaban J connectivity index is 2.03. The Morgan fingerprint density at radius 2 is 1.79 bits per heavy atom. The summed E-state index contributed by atoms with van der Waals surface area (Å²) in [5.41, 5.74) is 5.82. The molecule has 0 aromatic heterocycles. The average molecular weight is 324 g/mol. The van der Waals surface area contributed by atoms with Gasteiger partial charge in [-0.3, -0.25) is 9.69 Å². The van der Waals surface area contributed by atoms with Crippen LogP contribution >= 0.6 is 0 Å². The highest BCUT2D eigenvalue weighted by Gasteiger charge is 2.13. The number of anilines is 1. The van der Waals surface area contributed by atoms with Crippen LogP contribution in [0.25, 0.3) is 0 Å². The molecule has 2 aromatic carbocycles. The van der Waals surface area contributed by atoms with Gasteiger partial charge in [0.05, 0.1) is 6.54 Å². The SMILES string of the molecule is CCCN(CC(=O)Nc1ccccc1C)Cc1cc(C)ccc1C. The summed E-state index contributed by atoms with van der Waals surface area (Å²) < 4.78 is 0. The summed E-state index contributed by atoms with van der Waals surface area (Å²) in [6, 6.07) is 14.4. The fourth-order valence-corrected chi connectivity index (χ4v) is 2.85. The monoisotopic (exact) mass is 324 g/mol. The average Bonchev–Trinajstić information content (AvgIpc) is 2.53. The second kappa shape index (κ2) is 8.65. The number of hydrogen-bond donors (Lipinski definition) is 1. The summed E-state index contributed by atoms with van der Waals surface area (Å²) in [5.74, 6) is 0.0445. The van der Waals surface area contributed by atoms with Crippen molar-refractivity contribution >= 4 is 11.6 Å². The zero-order valence-electron chi connectivity index (χ0n) is 15.2. The zero-order chi connectivity index (χ0) is 17.5. The lowest BCUT2D eigenvalue weighted by atomic mass is 10.1. The van der Waals surface area contributed by atoms with E-state index in [1.807, 2.05) is 31.2 Å². The minimum atomic E-state index is 0.0445. The molecule has 3 nitrogen and oxygen atoms in total. The topological polar surface area (TPSA) is 32.3 Å². The van der Waals surface area contributed by atoms with Crippen molar-refractivity contribution in [1.29, 1.82) is 0 Å². The molecule has 0 heterocycles. The van der Waals surface area contributed by atoms with Crippen molar-refractivity contribution in [3.05, 3.63) is 64.7 Å². The second-order valence-corrected chi connectivity index (χ2v) is 6.50. The molecular formula is C21H28N2O. The van der Waals surface area contributed by atoms with Crippen molar-refractivity contribution in [3.8, 4) is 0 Å². The number of amides is 1. The number of carbonyl (C=O) groups excluding carboxylic acids is 1. The fourth-order valence-electron chi connectivity index (χ4n) is 2.85. The number of nitrogens with zero attached hydrogens (tertiary/aromatic N) is 1. The van der Waals surface area contributed by atoms with Gasteiger partial charge >= 0.3 is 0 Å². The second-order valence-electron chi connectivity index (χ2n) is 6.50. The molecule has 0 aliphatic heterocycles. The molecule has 0 saturated carbocycles. The summed E-state index contributed by atoms with van der Waals surface area (Å²) in [5, 5.41) is 3.03. The Bertz CT molecular complexity index is 694. The van der Waals surface area contributed by atoms with Gasteiger partial charge in [0.15, 0.2) is 0 Å². The Morgan fingerprint density at radius 3 is 2.50 bits per heavy atom. The Hall–Kier alpha value is -2.13. The lowest BCUT2D eigenvalue weighted by Gasteiger charge is -2.22. The highest BCUT2D eigenvalue weighted by Crippen LogP contribution is 2.15. The van der Waals surface area contributed by atoms with Crippen LogP contribution in [0.2, 0.25) is 0 Å². The van der Waals surface area contributed by atoms with E-state index in [0.29, 0.717) is 6.54 Å². The standard InChI is InChI=1S/C21H28N2O/c1-5-12-23(14-19-13-16(2)10-11-17(19)3)15-21(24)22-20-9-7-6-8-18(20)4/h6-11,13H,5,12,14-15H2,1-4H3,(H,22,24). The highest BCUT2D eigenvalue weighted by atomic mass is 16.2. The molecule has 24 heavy (non-hydrogen) atoms. The van der Waals surface area contributed by atoms with Crippen molar-refractivity contribution in [2.75, 3.05) is 18.4 Å². The Kier molecular flexibility index (Phi) is 6.56. The zero-order valence-corrected chi connectivity index (χ0v) is 15.2. The summed E-state index contributed by atoms with van der Waals surface area (Å²) in [6.07, 6.45) is 1.03. The normalized spacial score (nSPS) is 10.9. The molecule has 0 atom stereocenters. The first-order valence-corrected chi connectivity index (χ1v) is 8.63. The van der Waals surface area contributed by atoms with E-state index < -0.39 is 0 Å². The van der Waals surface area contributed by atoms with Crippen molar-refractivity contribution in [1.82, 2.24) is 4.90 Å². The molecule has 128 valence electrons. The maximum Gasteiger partial charge on any atom is 0.238 e. The number of aryl methyl sites for hydroxylation is 3. The van der Waals surface area contributed by atoms with Crippen molar-refractivity contribution in [2.45, 2.75) is 40.7 Å². The summed E-state index contributed by atoms with van der Waals surface area (Å²) in [4.78, 5) is 14.7. The van der Waals surface area contributed by atoms with Crippen LogP contribution in [0.4, 0.5) is 5.69 Å². The van der Waals surface area contributed by atoms with Crippen LogP contribution in [0.3, 0.4) is 0 Å². The number of nitrogens with one attached hydrogen (secondary N) is 1. The maximum absolute atomic E-state index is 12.4. The molecular weight excluding hydrogens is 296 g/mol. The van der Waals surface area contributed by atoms with E-state index in [-0.39, 0.29) is 5.91 Å². The quantitative estimate of drug-likeness (QED) is 0.815. The van der Waals surface area contributed by atoms with Gasteiger partial charge in [-0.25, -0.2) is 0 Å². The van der Waals surface area contributed by atoms with Gasteiger partial charge in [-0.15, -0.1) is 0 Å². The summed E-state index contributed by atoms with van der Waals surface area (Å²) >= 11 is 0. The first-order valence-electron chi connectivity index (χ1n) is 8.63. The van der Waals surface area contributed by atoms with Crippen LogP contribution in [-0.2, 0) is 11.3 Å². The maximum atomic E-state index is 12.4. The molecule has 3 heteroatoms. The third kappa shape index (κ3) is 5.20. The molecule has 0 aliphatic carbocycles. The highest BCUT2D eigenvalue weighted by molar-refractivity contribution is 5.92. The van der Waals surface area contributed by atoms with E-state index in [1.54, 1.807) is 0 Å². The molecule has 1 amide bonds. The lowest BCUT2D eigenvalue weighted by Crippen LogP contribution is -2.33. The van der Waals surface area contributed by atoms with Gasteiger partial charge in [0, 0.05) is 12.2 Å². The largest absolute Gasteiger partial charge is 0.325 e. The van der Waals surface area contributed by atoms with E-state index in [9.17, 15) is 4.79 Å². The minimum absolute atomic E-state index is 0.0445. The molecule has 0 bridgehead atoms. The van der Waals surface area contributed by atoms with Crippen molar-refractivity contribution < 1.29 is 4.79 Å². The van der Waals surface area contributed by atoms with Gasteiger partial charge in [0.25, 0.3) is 0 Å². The number of carbonyl (C=O) groups is 1. The Morgan fingerprint density at radius 1 is 1.04 bits per heavy atom. The van der Waals surface area contributed by atoms with Crippen molar-refractivity contribution in [3.63, 3.8) is 0 Å². The smallest absolute Gasteiger partial charge is 0.238 e. The van der Waals surface area contributed by atoms with Gasteiger partial charge in [-0.05, 0) is 56.5 Å².